The van der Waals surface area contributed by atoms with E-state index in [4.69, 9.17) is 11.6 Å². The molecule has 0 heterocycles. The number of carbonyl (C=O) groups is 2. The summed E-state index contributed by atoms with van der Waals surface area (Å²) in [5.74, 6) is -1.07. The van der Waals surface area contributed by atoms with Gasteiger partial charge in [-0.25, -0.2) is 8.42 Å². The molecule has 9 heteroatoms. The molecule has 2 atom stereocenters. The number of halogens is 1. The first-order valence-corrected chi connectivity index (χ1v) is 12.8. The lowest BCUT2D eigenvalue weighted by Gasteiger charge is -2.25. The predicted molar refractivity (Wildman–Crippen MR) is 131 cm³/mol. The molecule has 33 heavy (non-hydrogen) atoms. The Hall–Kier alpha value is -2.42. The quantitative estimate of drug-likeness (QED) is 0.523. The maximum Gasteiger partial charge on any atom is 0.251 e. The van der Waals surface area contributed by atoms with Gasteiger partial charge in [-0.1, -0.05) is 63.6 Å². The van der Waals surface area contributed by atoms with Crippen LogP contribution in [0.1, 0.15) is 56.6 Å². The first-order chi connectivity index (χ1) is 15.5. The van der Waals surface area contributed by atoms with Gasteiger partial charge in [0.15, 0.2) is 0 Å². The highest BCUT2D eigenvalue weighted by Gasteiger charge is 2.27. The van der Waals surface area contributed by atoms with Crippen molar-refractivity contribution in [3.8, 4) is 0 Å². The van der Waals surface area contributed by atoms with E-state index < -0.39 is 22.0 Å². The minimum absolute atomic E-state index is 0.0386. The van der Waals surface area contributed by atoms with Gasteiger partial charge in [0, 0.05) is 23.7 Å². The van der Waals surface area contributed by atoms with Crippen LogP contribution in [-0.2, 0) is 14.8 Å². The van der Waals surface area contributed by atoms with E-state index in [-0.39, 0.29) is 28.3 Å². The van der Waals surface area contributed by atoms with E-state index in [0.29, 0.717) is 18.1 Å². The van der Waals surface area contributed by atoms with Crippen molar-refractivity contribution in [3.05, 3.63) is 64.7 Å². The Labute approximate surface area is 201 Å². The summed E-state index contributed by atoms with van der Waals surface area (Å²) in [6, 6.07) is 11.9. The van der Waals surface area contributed by atoms with E-state index in [1.165, 1.54) is 28.6 Å². The van der Waals surface area contributed by atoms with Crippen LogP contribution >= 0.6 is 11.6 Å². The van der Waals surface area contributed by atoms with Gasteiger partial charge in [0.05, 0.1) is 10.9 Å². The van der Waals surface area contributed by atoms with Gasteiger partial charge in [0.2, 0.25) is 15.9 Å². The maximum absolute atomic E-state index is 13.0. The summed E-state index contributed by atoms with van der Waals surface area (Å²) in [5.41, 5.74) is 0.941. The van der Waals surface area contributed by atoms with Crippen molar-refractivity contribution in [1.29, 1.82) is 0 Å². The summed E-state index contributed by atoms with van der Waals surface area (Å²) >= 11 is 6.23. The Balaban J connectivity index is 2.21. The molecule has 7 nitrogen and oxygen atoms in total. The molecule has 0 aliphatic rings. The van der Waals surface area contributed by atoms with E-state index in [9.17, 15) is 18.0 Å². The number of hydrogen-bond acceptors (Lipinski definition) is 4. The Kier molecular flexibility index (Phi) is 9.46. The second-order valence-electron chi connectivity index (χ2n) is 8.06. The number of carbonyl (C=O) groups excluding carboxylic acids is 2. The van der Waals surface area contributed by atoms with Crippen molar-refractivity contribution in [3.63, 3.8) is 0 Å². The Bertz CT molecular complexity index is 1080. The normalized spacial score (nSPS) is 13.6. The van der Waals surface area contributed by atoms with Gasteiger partial charge in [-0.05, 0) is 42.7 Å². The molecule has 2 rings (SSSR count). The highest BCUT2D eigenvalue weighted by Crippen LogP contribution is 2.22. The molecular weight excluding hydrogens is 462 g/mol. The number of nitrogens with one attached hydrogen (secondary N) is 2. The minimum Gasteiger partial charge on any atom is -0.348 e. The number of amides is 2. The van der Waals surface area contributed by atoms with Gasteiger partial charge in [-0.15, -0.1) is 0 Å². The lowest BCUT2D eigenvalue weighted by molar-refractivity contribution is -0.124. The van der Waals surface area contributed by atoms with Crippen LogP contribution < -0.4 is 10.6 Å². The zero-order chi connectivity index (χ0) is 24.8. The molecule has 0 radical (unpaired) electrons. The van der Waals surface area contributed by atoms with Crippen LogP contribution in [0.3, 0.4) is 0 Å². The molecule has 2 aromatic rings. The lowest BCUT2D eigenvalue weighted by Crippen LogP contribution is -2.50. The fourth-order valence-corrected chi connectivity index (χ4v) is 5.28. The molecule has 0 aromatic heterocycles. The molecule has 0 aliphatic heterocycles. The molecule has 2 N–H and O–H groups in total. The molecule has 2 amide bonds. The zero-order valence-corrected chi connectivity index (χ0v) is 21.2. The van der Waals surface area contributed by atoms with Crippen LogP contribution in [-0.4, -0.2) is 43.7 Å². The minimum atomic E-state index is -3.71. The third-order valence-electron chi connectivity index (χ3n) is 5.41. The number of sulfonamides is 1. The molecule has 0 aliphatic carbocycles. The van der Waals surface area contributed by atoms with Crippen molar-refractivity contribution in [2.75, 3.05) is 13.1 Å². The predicted octanol–water partition coefficient (Wildman–Crippen LogP) is 4.00. The van der Waals surface area contributed by atoms with Gasteiger partial charge < -0.3 is 10.6 Å². The molecule has 0 saturated heterocycles. The molecule has 1 unspecified atom stereocenters. The SMILES string of the molecule is CCN(CC)S(=O)(=O)c1cccc(C(=O)N[C@H](C(=O)NC(C)c2ccccc2Cl)C(C)C)c1. The van der Waals surface area contributed by atoms with Crippen molar-refractivity contribution in [2.45, 2.75) is 51.6 Å². The molecule has 0 spiro atoms. The van der Waals surface area contributed by atoms with Crippen LogP contribution in [0.4, 0.5) is 0 Å². The summed E-state index contributed by atoms with van der Waals surface area (Å²) in [5, 5.41) is 6.19. The maximum atomic E-state index is 13.0. The number of hydrogen-bond donors (Lipinski definition) is 2. The molecule has 2 aromatic carbocycles. The lowest BCUT2D eigenvalue weighted by atomic mass is 10.0. The molecule has 0 bridgehead atoms. The smallest absolute Gasteiger partial charge is 0.251 e. The third kappa shape index (κ3) is 6.56. The molecule has 180 valence electrons. The van der Waals surface area contributed by atoms with E-state index in [1.807, 2.05) is 39.0 Å². The summed E-state index contributed by atoms with van der Waals surface area (Å²) in [6.07, 6.45) is 0. The molecule has 0 fully saturated rings. The highest BCUT2D eigenvalue weighted by molar-refractivity contribution is 7.89. The summed E-state index contributed by atoms with van der Waals surface area (Å²) in [4.78, 5) is 25.9. The van der Waals surface area contributed by atoms with E-state index in [2.05, 4.69) is 10.6 Å². The summed E-state index contributed by atoms with van der Waals surface area (Å²) in [7, 11) is -3.71. The number of nitrogens with zero attached hydrogens (tertiary/aromatic N) is 1. The number of rotatable bonds is 10. The second-order valence-corrected chi connectivity index (χ2v) is 10.4. The van der Waals surface area contributed by atoms with Crippen LogP contribution in [0.2, 0.25) is 5.02 Å². The summed E-state index contributed by atoms with van der Waals surface area (Å²) in [6.45, 7) is 9.64. The third-order valence-corrected chi connectivity index (χ3v) is 7.80. The van der Waals surface area contributed by atoms with Crippen LogP contribution in [0.5, 0.6) is 0 Å². The fraction of sp³-hybridized carbons (Fsp3) is 0.417. The van der Waals surface area contributed by atoms with Crippen LogP contribution in [0.25, 0.3) is 0 Å². The van der Waals surface area contributed by atoms with E-state index >= 15 is 0 Å². The average molecular weight is 494 g/mol. The van der Waals surface area contributed by atoms with E-state index in [1.54, 1.807) is 19.9 Å². The van der Waals surface area contributed by atoms with Gasteiger partial charge in [0.25, 0.3) is 5.91 Å². The Morgan fingerprint density at radius 1 is 0.970 bits per heavy atom. The van der Waals surface area contributed by atoms with Crippen LogP contribution in [0.15, 0.2) is 53.4 Å². The van der Waals surface area contributed by atoms with Gasteiger partial charge >= 0.3 is 0 Å². The van der Waals surface area contributed by atoms with Gasteiger partial charge in [-0.3, -0.25) is 9.59 Å². The second kappa shape index (κ2) is 11.6. The van der Waals surface area contributed by atoms with Crippen molar-refractivity contribution >= 4 is 33.4 Å². The first-order valence-electron chi connectivity index (χ1n) is 11.0. The summed E-state index contributed by atoms with van der Waals surface area (Å²) < 4.78 is 26.9. The van der Waals surface area contributed by atoms with Gasteiger partial charge in [-0.2, -0.15) is 4.31 Å². The Morgan fingerprint density at radius 2 is 1.61 bits per heavy atom. The van der Waals surface area contributed by atoms with E-state index in [0.717, 1.165) is 5.56 Å². The standard InChI is InChI=1S/C24H32ClN3O4S/c1-6-28(7-2)33(31,32)19-12-10-11-18(15-19)23(29)27-22(16(3)4)24(30)26-17(5)20-13-8-9-14-21(20)25/h8-17,22H,6-7H2,1-5H3,(H,26,30)(H,27,29)/t17?,22-/m0/s1. The van der Waals surface area contributed by atoms with Gasteiger partial charge in [0.1, 0.15) is 6.04 Å². The largest absolute Gasteiger partial charge is 0.348 e. The van der Waals surface area contributed by atoms with Crippen molar-refractivity contribution in [1.82, 2.24) is 14.9 Å². The van der Waals surface area contributed by atoms with Crippen LogP contribution in [0, 0.1) is 5.92 Å². The molecular formula is C24H32ClN3O4S. The van der Waals surface area contributed by atoms with Crippen molar-refractivity contribution in [2.24, 2.45) is 5.92 Å². The fourth-order valence-electron chi connectivity index (χ4n) is 3.48. The topological polar surface area (TPSA) is 95.6 Å². The number of benzene rings is 2. The Morgan fingerprint density at radius 3 is 2.18 bits per heavy atom. The highest BCUT2D eigenvalue weighted by atomic mass is 35.5. The zero-order valence-electron chi connectivity index (χ0n) is 19.6. The first kappa shape index (κ1) is 26.8. The molecule has 0 saturated carbocycles. The van der Waals surface area contributed by atoms with Crippen molar-refractivity contribution < 1.29 is 18.0 Å². The monoisotopic (exact) mass is 493 g/mol. The average Bonchev–Trinajstić information content (AvgIpc) is 2.77.